The van der Waals surface area contributed by atoms with Crippen LogP contribution in [0.25, 0.3) is 0 Å². The summed E-state index contributed by atoms with van der Waals surface area (Å²) >= 11 is 0. The molecule has 0 saturated heterocycles. The average molecular weight is 654 g/mol. The largest absolute Gasteiger partial charge is 0.354 e. The van der Waals surface area contributed by atoms with Crippen LogP contribution in [0.5, 0.6) is 0 Å². The van der Waals surface area contributed by atoms with E-state index in [-0.39, 0.29) is 29.7 Å². The van der Waals surface area contributed by atoms with Crippen molar-refractivity contribution in [3.63, 3.8) is 0 Å². The lowest BCUT2D eigenvalue weighted by molar-refractivity contribution is -0.140. The Balaban J connectivity index is 1.79. The number of nitrogens with zero attached hydrogens (tertiary/aromatic N) is 2. The summed E-state index contributed by atoms with van der Waals surface area (Å²) in [5, 5.41) is 3.03. The first-order valence-corrected chi connectivity index (χ1v) is 17.8. The summed E-state index contributed by atoms with van der Waals surface area (Å²) in [7, 11) is -4.15. The molecule has 248 valence electrons. The lowest BCUT2D eigenvalue weighted by Crippen LogP contribution is -2.53. The molecule has 0 aliphatic rings. The summed E-state index contributed by atoms with van der Waals surface area (Å²) in [5.74, 6) is -0.486. The highest BCUT2D eigenvalue weighted by Gasteiger charge is 2.34. The van der Waals surface area contributed by atoms with E-state index in [1.807, 2.05) is 80.6 Å². The molecule has 0 aromatic heterocycles. The minimum absolute atomic E-state index is 0.0899. The number of hydrogen-bond acceptors (Lipinski definition) is 4. The van der Waals surface area contributed by atoms with Gasteiger partial charge in [-0.2, -0.15) is 0 Å². The SMILES string of the molecule is CCCCNC(=O)[C@H](Cc1ccccc1)N(Cc1ccc(C)cc1)C(=O)CN(c1ccc(C(C)C)cc1)S(=O)(=O)c1ccc(C)cc1. The van der Waals surface area contributed by atoms with Crippen LogP contribution in [0.15, 0.2) is 108 Å². The molecule has 4 rings (SSSR count). The number of unbranched alkanes of at least 4 members (excludes halogenated alkanes) is 1. The van der Waals surface area contributed by atoms with Gasteiger partial charge in [0.05, 0.1) is 10.6 Å². The van der Waals surface area contributed by atoms with Crippen LogP contribution in [0.3, 0.4) is 0 Å². The number of hydrogen-bond donors (Lipinski definition) is 1. The molecule has 7 nitrogen and oxygen atoms in total. The van der Waals surface area contributed by atoms with E-state index in [9.17, 15) is 18.0 Å². The molecule has 0 saturated carbocycles. The normalized spacial score (nSPS) is 12.0. The molecule has 47 heavy (non-hydrogen) atoms. The van der Waals surface area contributed by atoms with Crippen LogP contribution in [-0.4, -0.2) is 44.3 Å². The van der Waals surface area contributed by atoms with Gasteiger partial charge in [-0.05, 0) is 67.1 Å². The Kier molecular flexibility index (Phi) is 12.4. The van der Waals surface area contributed by atoms with Crippen LogP contribution < -0.4 is 9.62 Å². The van der Waals surface area contributed by atoms with E-state index in [0.717, 1.165) is 40.7 Å². The van der Waals surface area contributed by atoms with E-state index in [0.29, 0.717) is 12.2 Å². The quantitative estimate of drug-likeness (QED) is 0.138. The number of amides is 2. The number of carbonyl (C=O) groups excluding carboxylic acids is 2. The molecule has 8 heteroatoms. The van der Waals surface area contributed by atoms with E-state index in [1.165, 1.54) is 4.31 Å². The predicted molar refractivity (Wildman–Crippen MR) is 190 cm³/mol. The Hall–Kier alpha value is -4.43. The van der Waals surface area contributed by atoms with E-state index in [1.54, 1.807) is 41.3 Å². The second-order valence-electron chi connectivity index (χ2n) is 12.4. The monoisotopic (exact) mass is 653 g/mol. The van der Waals surface area contributed by atoms with Gasteiger partial charge in [-0.3, -0.25) is 13.9 Å². The Labute approximate surface area is 280 Å². The molecular formula is C39H47N3O4S. The van der Waals surface area contributed by atoms with Gasteiger partial charge in [-0.25, -0.2) is 8.42 Å². The van der Waals surface area contributed by atoms with Crippen molar-refractivity contribution in [3.8, 4) is 0 Å². The number of nitrogens with one attached hydrogen (secondary N) is 1. The van der Waals surface area contributed by atoms with Crippen LogP contribution in [0, 0.1) is 13.8 Å². The number of benzene rings is 4. The van der Waals surface area contributed by atoms with Gasteiger partial charge in [-0.1, -0.05) is 117 Å². The number of anilines is 1. The third kappa shape index (κ3) is 9.55. The molecule has 0 spiro atoms. The second kappa shape index (κ2) is 16.4. The topological polar surface area (TPSA) is 86.8 Å². The van der Waals surface area contributed by atoms with Gasteiger partial charge in [0.25, 0.3) is 10.0 Å². The number of aryl methyl sites for hydroxylation is 2. The van der Waals surface area contributed by atoms with Gasteiger partial charge in [0.2, 0.25) is 11.8 Å². The molecule has 2 amide bonds. The Morgan fingerprint density at radius 1 is 0.766 bits per heavy atom. The summed E-state index contributed by atoms with van der Waals surface area (Å²) in [4.78, 5) is 30.1. The maximum Gasteiger partial charge on any atom is 0.264 e. The van der Waals surface area contributed by atoms with Crippen LogP contribution in [0.4, 0.5) is 5.69 Å². The lowest BCUT2D eigenvalue weighted by atomic mass is 10.0. The maximum atomic E-state index is 14.6. The average Bonchev–Trinajstić information content (AvgIpc) is 3.06. The van der Waals surface area contributed by atoms with Crippen LogP contribution >= 0.6 is 0 Å². The first kappa shape index (κ1) is 35.4. The highest BCUT2D eigenvalue weighted by atomic mass is 32.2. The third-order valence-corrected chi connectivity index (χ3v) is 10.1. The molecule has 1 N–H and O–H groups in total. The van der Waals surface area contributed by atoms with Crippen molar-refractivity contribution in [2.75, 3.05) is 17.4 Å². The molecule has 0 heterocycles. The molecule has 1 atom stereocenters. The standard InChI is InChI=1S/C39H47N3O4S/c1-6-7-25-40-39(44)37(26-32-11-9-8-10-12-32)41(27-33-17-13-30(4)14-18-33)38(43)28-42(35-21-19-34(20-22-35)29(2)3)47(45,46)36-23-15-31(5)16-24-36/h8-24,29,37H,6-7,25-28H2,1-5H3,(H,40,44)/t37-/m0/s1. The maximum absolute atomic E-state index is 14.6. The Morgan fingerprint density at radius 3 is 1.94 bits per heavy atom. The molecule has 0 aliphatic heterocycles. The van der Waals surface area contributed by atoms with E-state index < -0.39 is 28.5 Å². The van der Waals surface area contributed by atoms with Crippen LogP contribution in [0.2, 0.25) is 0 Å². The van der Waals surface area contributed by atoms with Gasteiger partial charge in [0.15, 0.2) is 0 Å². The van der Waals surface area contributed by atoms with Gasteiger partial charge >= 0.3 is 0 Å². The third-order valence-electron chi connectivity index (χ3n) is 8.31. The Morgan fingerprint density at radius 2 is 1.36 bits per heavy atom. The van der Waals surface area contributed by atoms with Crippen molar-refractivity contribution in [1.82, 2.24) is 10.2 Å². The first-order valence-electron chi connectivity index (χ1n) is 16.4. The van der Waals surface area contributed by atoms with Crippen molar-refractivity contribution in [1.29, 1.82) is 0 Å². The number of carbonyl (C=O) groups is 2. The summed E-state index contributed by atoms with van der Waals surface area (Å²) in [5.41, 5.74) is 5.18. The first-order chi connectivity index (χ1) is 22.5. The molecule has 0 bridgehead atoms. The van der Waals surface area contributed by atoms with E-state index in [4.69, 9.17) is 0 Å². The zero-order valence-electron chi connectivity index (χ0n) is 28.1. The van der Waals surface area contributed by atoms with Gasteiger partial charge in [0.1, 0.15) is 12.6 Å². The van der Waals surface area contributed by atoms with Crippen molar-refractivity contribution >= 4 is 27.5 Å². The zero-order valence-corrected chi connectivity index (χ0v) is 29.0. The molecule has 0 radical (unpaired) electrons. The molecule has 4 aromatic carbocycles. The summed E-state index contributed by atoms with van der Waals surface area (Å²) in [6.45, 7) is 10.2. The second-order valence-corrected chi connectivity index (χ2v) is 14.3. The fraction of sp³-hybridized carbons (Fsp3) is 0.333. The van der Waals surface area contributed by atoms with Gasteiger partial charge < -0.3 is 10.2 Å². The van der Waals surface area contributed by atoms with E-state index >= 15 is 0 Å². The van der Waals surface area contributed by atoms with Crippen molar-refractivity contribution in [3.05, 3.63) is 131 Å². The highest BCUT2D eigenvalue weighted by Crippen LogP contribution is 2.27. The number of rotatable bonds is 15. The smallest absolute Gasteiger partial charge is 0.264 e. The molecule has 0 aliphatic carbocycles. The summed E-state index contributed by atoms with van der Waals surface area (Å²) in [6.07, 6.45) is 2.01. The lowest BCUT2D eigenvalue weighted by Gasteiger charge is -2.34. The van der Waals surface area contributed by atoms with Crippen molar-refractivity contribution in [2.45, 2.75) is 77.3 Å². The summed E-state index contributed by atoms with van der Waals surface area (Å²) < 4.78 is 29.7. The van der Waals surface area contributed by atoms with Crippen LogP contribution in [-0.2, 0) is 32.6 Å². The molecule has 4 aromatic rings. The summed E-state index contributed by atoms with van der Waals surface area (Å²) in [6, 6.07) is 30.4. The van der Waals surface area contributed by atoms with E-state index in [2.05, 4.69) is 26.1 Å². The van der Waals surface area contributed by atoms with Crippen LogP contribution in [0.1, 0.15) is 67.3 Å². The van der Waals surface area contributed by atoms with Crippen molar-refractivity contribution in [2.24, 2.45) is 0 Å². The van der Waals surface area contributed by atoms with Crippen molar-refractivity contribution < 1.29 is 18.0 Å². The zero-order chi connectivity index (χ0) is 34.0. The Bertz CT molecular complexity index is 1700. The predicted octanol–water partition coefficient (Wildman–Crippen LogP) is 7.18. The minimum atomic E-state index is -4.15. The van der Waals surface area contributed by atoms with Gasteiger partial charge in [0, 0.05) is 19.5 Å². The molecular weight excluding hydrogens is 607 g/mol. The highest BCUT2D eigenvalue weighted by molar-refractivity contribution is 7.92. The number of sulfonamides is 1. The fourth-order valence-corrected chi connectivity index (χ4v) is 6.76. The molecule has 0 fully saturated rings. The van der Waals surface area contributed by atoms with Gasteiger partial charge in [-0.15, -0.1) is 0 Å². The molecule has 0 unspecified atom stereocenters. The fourth-order valence-electron chi connectivity index (χ4n) is 5.34. The minimum Gasteiger partial charge on any atom is -0.354 e.